The Balaban J connectivity index is 2.29. The van der Waals surface area contributed by atoms with Crippen molar-refractivity contribution < 1.29 is 9.90 Å². The first-order valence-electron chi connectivity index (χ1n) is 7.84. The lowest BCUT2D eigenvalue weighted by Gasteiger charge is -2.35. The Morgan fingerprint density at radius 3 is 2.45 bits per heavy atom. The molecule has 1 amide bonds. The highest BCUT2D eigenvalue weighted by Gasteiger charge is 2.32. The van der Waals surface area contributed by atoms with E-state index >= 15 is 0 Å². The van der Waals surface area contributed by atoms with Crippen LogP contribution in [0.25, 0.3) is 0 Å². The van der Waals surface area contributed by atoms with Gasteiger partial charge in [-0.25, -0.2) is 0 Å². The fourth-order valence-corrected chi connectivity index (χ4v) is 2.91. The maximum atomic E-state index is 11.9. The molecule has 1 rings (SSSR count). The number of rotatable bonds is 5. The highest BCUT2D eigenvalue weighted by atomic mass is 16.3. The van der Waals surface area contributed by atoms with Crippen LogP contribution in [0.2, 0.25) is 0 Å². The van der Waals surface area contributed by atoms with Gasteiger partial charge in [-0.3, -0.25) is 4.79 Å². The summed E-state index contributed by atoms with van der Waals surface area (Å²) in [5, 5.41) is 13.3. The summed E-state index contributed by atoms with van der Waals surface area (Å²) in [6, 6.07) is -0.115. The highest BCUT2D eigenvalue weighted by molar-refractivity contribution is 5.76. The van der Waals surface area contributed by atoms with Crippen LogP contribution in [0.4, 0.5) is 0 Å². The summed E-state index contributed by atoms with van der Waals surface area (Å²) in [7, 11) is 0. The summed E-state index contributed by atoms with van der Waals surface area (Å²) >= 11 is 0. The van der Waals surface area contributed by atoms with Crippen LogP contribution < -0.4 is 11.1 Å². The monoisotopic (exact) mass is 284 g/mol. The van der Waals surface area contributed by atoms with Crippen LogP contribution in [-0.4, -0.2) is 29.2 Å². The first kappa shape index (κ1) is 17.4. The molecule has 0 aliphatic heterocycles. The number of aliphatic hydroxyl groups is 1. The highest BCUT2D eigenvalue weighted by Crippen LogP contribution is 2.31. The van der Waals surface area contributed by atoms with Crippen molar-refractivity contribution in [2.75, 3.05) is 6.54 Å². The van der Waals surface area contributed by atoms with E-state index in [9.17, 15) is 9.90 Å². The van der Waals surface area contributed by atoms with Crippen molar-refractivity contribution in [2.45, 2.75) is 77.9 Å². The lowest BCUT2D eigenvalue weighted by Crippen LogP contribution is -2.46. The third-order valence-electron chi connectivity index (χ3n) is 4.14. The van der Waals surface area contributed by atoms with Crippen molar-refractivity contribution in [2.24, 2.45) is 17.1 Å². The van der Waals surface area contributed by atoms with Gasteiger partial charge in [0.15, 0.2) is 0 Å². The SMILES string of the molecule is CC1CCC(O)(CNC(=O)CC(N)CC(C)(C)C)CC1. The molecular formula is C16H32N2O2. The fourth-order valence-electron chi connectivity index (χ4n) is 2.91. The van der Waals surface area contributed by atoms with E-state index in [1.807, 2.05) is 0 Å². The molecule has 0 aromatic carbocycles. The Kier molecular flexibility index (Phi) is 6.02. The molecule has 4 nitrogen and oxygen atoms in total. The summed E-state index contributed by atoms with van der Waals surface area (Å²) in [5.41, 5.74) is 5.42. The van der Waals surface area contributed by atoms with Gasteiger partial charge in [0, 0.05) is 19.0 Å². The van der Waals surface area contributed by atoms with E-state index in [1.54, 1.807) is 0 Å². The Labute approximate surface area is 123 Å². The second kappa shape index (κ2) is 6.90. The van der Waals surface area contributed by atoms with Crippen LogP contribution >= 0.6 is 0 Å². The summed E-state index contributed by atoms with van der Waals surface area (Å²) in [4.78, 5) is 11.9. The standard InChI is InChI=1S/C16H32N2O2/c1-12-5-7-16(20,8-6-12)11-18-14(19)9-13(17)10-15(2,3)4/h12-13,20H,5-11,17H2,1-4H3,(H,18,19). The predicted molar refractivity (Wildman–Crippen MR) is 82.3 cm³/mol. The number of hydrogen-bond donors (Lipinski definition) is 3. The Bertz CT molecular complexity index is 315. The summed E-state index contributed by atoms with van der Waals surface area (Å²) < 4.78 is 0. The minimum atomic E-state index is -0.712. The molecule has 1 aliphatic carbocycles. The summed E-state index contributed by atoms with van der Waals surface area (Å²) in [6.07, 6.45) is 4.79. The van der Waals surface area contributed by atoms with E-state index in [4.69, 9.17) is 5.73 Å². The van der Waals surface area contributed by atoms with Crippen molar-refractivity contribution in [3.8, 4) is 0 Å². The van der Waals surface area contributed by atoms with Crippen LogP contribution in [0.5, 0.6) is 0 Å². The normalized spacial score (nSPS) is 29.0. The van der Waals surface area contributed by atoms with Gasteiger partial charge in [-0.1, -0.05) is 27.7 Å². The topological polar surface area (TPSA) is 75.3 Å². The zero-order valence-corrected chi connectivity index (χ0v) is 13.5. The van der Waals surface area contributed by atoms with Crippen LogP contribution in [0.15, 0.2) is 0 Å². The van der Waals surface area contributed by atoms with Crippen LogP contribution in [0.3, 0.4) is 0 Å². The molecule has 0 spiro atoms. The minimum Gasteiger partial charge on any atom is -0.388 e. The molecule has 1 aliphatic rings. The number of amides is 1. The van der Waals surface area contributed by atoms with E-state index in [1.165, 1.54) is 0 Å². The van der Waals surface area contributed by atoms with Crippen molar-refractivity contribution in [1.82, 2.24) is 5.32 Å². The summed E-state index contributed by atoms with van der Waals surface area (Å²) in [6.45, 7) is 8.94. The average Bonchev–Trinajstić information content (AvgIpc) is 2.28. The molecule has 1 unspecified atom stereocenters. The van der Waals surface area contributed by atoms with E-state index in [0.29, 0.717) is 18.9 Å². The third kappa shape index (κ3) is 6.71. The molecule has 0 aromatic heterocycles. The molecule has 1 atom stereocenters. The van der Waals surface area contributed by atoms with E-state index < -0.39 is 5.60 Å². The minimum absolute atomic E-state index is 0.0474. The van der Waals surface area contributed by atoms with Gasteiger partial charge in [-0.05, 0) is 43.4 Å². The molecule has 4 N–H and O–H groups in total. The zero-order valence-electron chi connectivity index (χ0n) is 13.5. The smallest absolute Gasteiger partial charge is 0.221 e. The molecule has 0 bridgehead atoms. The van der Waals surface area contributed by atoms with Crippen molar-refractivity contribution in [3.63, 3.8) is 0 Å². The molecule has 0 saturated heterocycles. The molecule has 118 valence electrons. The molecule has 4 heteroatoms. The van der Waals surface area contributed by atoms with Gasteiger partial charge in [-0.2, -0.15) is 0 Å². The Hall–Kier alpha value is -0.610. The number of hydrogen-bond acceptors (Lipinski definition) is 3. The average molecular weight is 284 g/mol. The van der Waals surface area contributed by atoms with E-state index in [-0.39, 0.29) is 17.4 Å². The predicted octanol–water partition coefficient (Wildman–Crippen LogP) is 2.20. The zero-order chi connectivity index (χ0) is 15.4. The Morgan fingerprint density at radius 1 is 1.40 bits per heavy atom. The van der Waals surface area contributed by atoms with Crippen molar-refractivity contribution >= 4 is 5.91 Å². The van der Waals surface area contributed by atoms with Gasteiger partial charge < -0.3 is 16.2 Å². The second-order valence-electron chi connectivity index (χ2n) is 7.91. The second-order valence-corrected chi connectivity index (χ2v) is 7.91. The lowest BCUT2D eigenvalue weighted by atomic mass is 9.79. The lowest BCUT2D eigenvalue weighted by molar-refractivity contribution is -0.123. The van der Waals surface area contributed by atoms with Gasteiger partial charge in [0.05, 0.1) is 5.60 Å². The third-order valence-corrected chi connectivity index (χ3v) is 4.14. The Morgan fingerprint density at radius 2 is 1.95 bits per heavy atom. The molecule has 20 heavy (non-hydrogen) atoms. The summed E-state index contributed by atoms with van der Waals surface area (Å²) in [5.74, 6) is 0.639. The molecular weight excluding hydrogens is 252 g/mol. The van der Waals surface area contributed by atoms with Crippen LogP contribution in [0.1, 0.15) is 66.2 Å². The number of nitrogens with one attached hydrogen (secondary N) is 1. The first-order chi connectivity index (χ1) is 9.10. The van der Waals surface area contributed by atoms with Crippen molar-refractivity contribution in [1.29, 1.82) is 0 Å². The van der Waals surface area contributed by atoms with Crippen LogP contribution in [-0.2, 0) is 4.79 Å². The van der Waals surface area contributed by atoms with Crippen molar-refractivity contribution in [3.05, 3.63) is 0 Å². The molecule has 1 saturated carbocycles. The van der Waals surface area contributed by atoms with E-state index in [0.717, 1.165) is 32.1 Å². The largest absolute Gasteiger partial charge is 0.388 e. The number of carbonyl (C=O) groups excluding carboxylic acids is 1. The quantitative estimate of drug-likeness (QED) is 0.724. The first-order valence-corrected chi connectivity index (χ1v) is 7.84. The molecule has 0 aromatic rings. The van der Waals surface area contributed by atoms with Gasteiger partial charge in [0.25, 0.3) is 0 Å². The number of carbonyl (C=O) groups is 1. The van der Waals surface area contributed by atoms with Gasteiger partial charge >= 0.3 is 0 Å². The van der Waals surface area contributed by atoms with E-state index in [2.05, 4.69) is 33.0 Å². The molecule has 1 fully saturated rings. The molecule has 0 radical (unpaired) electrons. The van der Waals surface area contributed by atoms with Crippen LogP contribution in [0, 0.1) is 11.3 Å². The maximum Gasteiger partial charge on any atom is 0.221 e. The maximum absolute atomic E-state index is 11.9. The van der Waals surface area contributed by atoms with Gasteiger partial charge in [0.1, 0.15) is 0 Å². The molecule has 0 heterocycles. The fraction of sp³-hybridized carbons (Fsp3) is 0.938. The number of nitrogens with two attached hydrogens (primary N) is 1. The van der Waals surface area contributed by atoms with Gasteiger partial charge in [-0.15, -0.1) is 0 Å². The van der Waals surface area contributed by atoms with Gasteiger partial charge in [0.2, 0.25) is 5.91 Å².